The van der Waals surface area contributed by atoms with Gasteiger partial charge < -0.3 is 4.74 Å². The van der Waals surface area contributed by atoms with E-state index in [2.05, 4.69) is 6.92 Å². The van der Waals surface area contributed by atoms with Crippen LogP contribution < -0.4 is 4.74 Å². The molecule has 4 nitrogen and oxygen atoms in total. The molecule has 0 saturated heterocycles. The molecule has 0 radical (unpaired) electrons. The Balaban J connectivity index is 2.16. The number of unbranched alkanes of at least 4 members (excludes halogenated alkanes) is 3. The van der Waals surface area contributed by atoms with Crippen LogP contribution in [0.4, 0.5) is 0 Å². The van der Waals surface area contributed by atoms with E-state index in [1.807, 2.05) is 0 Å². The Morgan fingerprint density at radius 1 is 0.920 bits per heavy atom. The van der Waals surface area contributed by atoms with Crippen LogP contribution in [0, 0.1) is 0 Å². The van der Waals surface area contributed by atoms with Crippen LogP contribution in [-0.4, -0.2) is 18.0 Å². The number of ether oxygens (including phenoxy) is 1. The molecule has 0 saturated carbocycles. The summed E-state index contributed by atoms with van der Waals surface area (Å²) in [5, 5.41) is 0. The highest BCUT2D eigenvalue weighted by Crippen LogP contribution is 2.23. The molecule has 0 N–H and O–H groups in total. The summed E-state index contributed by atoms with van der Waals surface area (Å²) in [6, 6.07) is 13.2. The SMILES string of the molecule is CCCCCCC(=O)Oc1ccccc1C(=O)c1ccccc1C=O. The Morgan fingerprint density at radius 2 is 1.60 bits per heavy atom. The number of carbonyl (C=O) groups excluding carboxylic acids is 3. The first-order valence-electron chi connectivity index (χ1n) is 8.56. The van der Waals surface area contributed by atoms with Crippen LogP contribution in [0.5, 0.6) is 5.75 Å². The van der Waals surface area contributed by atoms with Crippen molar-refractivity contribution < 1.29 is 19.1 Å². The standard InChI is InChI=1S/C21H22O4/c1-2-3-4-5-14-20(23)25-19-13-9-8-12-18(19)21(24)17-11-7-6-10-16(17)15-22/h6-13,15H,2-5,14H2,1H3. The zero-order chi connectivity index (χ0) is 18.1. The minimum Gasteiger partial charge on any atom is -0.426 e. The lowest BCUT2D eigenvalue weighted by Gasteiger charge is -2.10. The number of hydrogen-bond acceptors (Lipinski definition) is 4. The molecule has 0 unspecified atom stereocenters. The van der Waals surface area contributed by atoms with Crippen molar-refractivity contribution in [2.24, 2.45) is 0 Å². The number of benzene rings is 2. The summed E-state index contributed by atoms with van der Waals surface area (Å²) in [5.74, 6) is -0.453. The van der Waals surface area contributed by atoms with Gasteiger partial charge in [0.15, 0.2) is 12.1 Å². The Kier molecular flexibility index (Phi) is 7.08. The monoisotopic (exact) mass is 338 g/mol. The van der Waals surface area contributed by atoms with E-state index in [0.717, 1.165) is 25.7 Å². The third-order valence-electron chi connectivity index (χ3n) is 3.92. The van der Waals surface area contributed by atoms with Crippen molar-refractivity contribution in [1.29, 1.82) is 0 Å². The van der Waals surface area contributed by atoms with E-state index in [4.69, 9.17) is 4.74 Å². The molecule has 25 heavy (non-hydrogen) atoms. The molecular weight excluding hydrogens is 316 g/mol. The van der Waals surface area contributed by atoms with Crippen LogP contribution in [0.15, 0.2) is 48.5 Å². The summed E-state index contributed by atoms with van der Waals surface area (Å²) in [6.45, 7) is 2.11. The van der Waals surface area contributed by atoms with Gasteiger partial charge in [0, 0.05) is 17.5 Å². The molecule has 0 atom stereocenters. The smallest absolute Gasteiger partial charge is 0.311 e. The minimum absolute atomic E-state index is 0.230. The van der Waals surface area contributed by atoms with Crippen LogP contribution in [0.1, 0.15) is 65.3 Å². The van der Waals surface area contributed by atoms with Crippen LogP contribution in [-0.2, 0) is 4.79 Å². The highest BCUT2D eigenvalue weighted by atomic mass is 16.5. The Morgan fingerprint density at radius 3 is 2.32 bits per heavy atom. The first-order valence-corrected chi connectivity index (χ1v) is 8.56. The molecule has 2 aromatic rings. The van der Waals surface area contributed by atoms with E-state index in [1.54, 1.807) is 48.5 Å². The van der Waals surface area contributed by atoms with Crippen LogP contribution in [0.3, 0.4) is 0 Å². The van der Waals surface area contributed by atoms with Crippen molar-refractivity contribution in [2.45, 2.75) is 39.0 Å². The number of hydrogen-bond donors (Lipinski definition) is 0. The van der Waals surface area contributed by atoms with Gasteiger partial charge in [0.25, 0.3) is 0 Å². The van der Waals surface area contributed by atoms with Gasteiger partial charge in [-0.05, 0) is 18.6 Å². The molecule has 0 bridgehead atoms. The van der Waals surface area contributed by atoms with Gasteiger partial charge in [-0.15, -0.1) is 0 Å². The van der Waals surface area contributed by atoms with Crippen LogP contribution in [0.25, 0.3) is 0 Å². The topological polar surface area (TPSA) is 60.4 Å². The predicted octanol–water partition coefficient (Wildman–Crippen LogP) is 4.61. The largest absolute Gasteiger partial charge is 0.426 e. The summed E-state index contributed by atoms with van der Waals surface area (Å²) in [7, 11) is 0. The Labute approximate surface area is 147 Å². The highest BCUT2D eigenvalue weighted by Gasteiger charge is 2.18. The van der Waals surface area contributed by atoms with Crippen molar-refractivity contribution in [3.8, 4) is 5.75 Å². The van der Waals surface area contributed by atoms with Crippen molar-refractivity contribution in [3.63, 3.8) is 0 Å². The highest BCUT2D eigenvalue weighted by molar-refractivity contribution is 6.14. The van der Waals surface area contributed by atoms with Gasteiger partial charge in [-0.3, -0.25) is 14.4 Å². The maximum Gasteiger partial charge on any atom is 0.311 e. The fourth-order valence-corrected chi connectivity index (χ4v) is 2.56. The second-order valence-corrected chi connectivity index (χ2v) is 5.82. The van der Waals surface area contributed by atoms with Gasteiger partial charge in [0.1, 0.15) is 5.75 Å². The molecule has 0 aliphatic heterocycles. The second-order valence-electron chi connectivity index (χ2n) is 5.82. The van der Waals surface area contributed by atoms with Gasteiger partial charge in [-0.25, -0.2) is 0 Å². The van der Waals surface area contributed by atoms with E-state index in [9.17, 15) is 14.4 Å². The summed E-state index contributed by atoms with van der Waals surface area (Å²) in [5.41, 5.74) is 0.885. The molecule has 2 aromatic carbocycles. The maximum atomic E-state index is 12.8. The first-order chi connectivity index (χ1) is 12.2. The van der Waals surface area contributed by atoms with Gasteiger partial charge in [-0.1, -0.05) is 62.6 Å². The molecule has 0 spiro atoms. The van der Waals surface area contributed by atoms with Crippen molar-refractivity contribution in [3.05, 3.63) is 65.2 Å². The van der Waals surface area contributed by atoms with E-state index in [-0.39, 0.29) is 23.1 Å². The summed E-state index contributed by atoms with van der Waals surface area (Å²) >= 11 is 0. The molecule has 2 rings (SSSR count). The molecule has 0 aliphatic rings. The molecule has 0 aromatic heterocycles. The number of carbonyl (C=O) groups is 3. The molecule has 130 valence electrons. The van der Waals surface area contributed by atoms with Crippen LogP contribution >= 0.6 is 0 Å². The third-order valence-corrected chi connectivity index (χ3v) is 3.92. The molecule has 0 amide bonds. The zero-order valence-electron chi connectivity index (χ0n) is 14.4. The van der Waals surface area contributed by atoms with Gasteiger partial charge in [0.05, 0.1) is 5.56 Å². The third kappa shape index (κ3) is 5.11. The Bertz CT molecular complexity index is 749. The maximum absolute atomic E-state index is 12.8. The molecule has 0 heterocycles. The normalized spacial score (nSPS) is 10.3. The minimum atomic E-state index is -0.347. The summed E-state index contributed by atoms with van der Waals surface area (Å²) < 4.78 is 5.39. The van der Waals surface area contributed by atoms with E-state index < -0.39 is 0 Å². The summed E-state index contributed by atoms with van der Waals surface area (Å²) in [4.78, 5) is 36.0. The zero-order valence-corrected chi connectivity index (χ0v) is 14.4. The van der Waals surface area contributed by atoms with Crippen molar-refractivity contribution >= 4 is 18.0 Å². The van der Waals surface area contributed by atoms with E-state index >= 15 is 0 Å². The number of aldehydes is 1. The molecular formula is C21H22O4. The first kappa shape index (κ1) is 18.6. The van der Waals surface area contributed by atoms with Gasteiger partial charge in [0.2, 0.25) is 0 Å². The van der Waals surface area contributed by atoms with Gasteiger partial charge >= 0.3 is 5.97 Å². The number of esters is 1. The quantitative estimate of drug-likeness (QED) is 0.220. The van der Waals surface area contributed by atoms with E-state index in [1.165, 1.54) is 0 Å². The predicted molar refractivity (Wildman–Crippen MR) is 96.1 cm³/mol. The lowest BCUT2D eigenvalue weighted by molar-refractivity contribution is -0.134. The Hall–Kier alpha value is -2.75. The second kappa shape index (κ2) is 9.52. The molecule has 4 heteroatoms. The van der Waals surface area contributed by atoms with Crippen LogP contribution in [0.2, 0.25) is 0 Å². The number of rotatable bonds is 9. The average molecular weight is 338 g/mol. The number of ketones is 1. The number of para-hydroxylation sites is 1. The van der Waals surface area contributed by atoms with Crippen molar-refractivity contribution in [2.75, 3.05) is 0 Å². The lowest BCUT2D eigenvalue weighted by atomic mass is 9.98. The van der Waals surface area contributed by atoms with Crippen molar-refractivity contribution in [1.82, 2.24) is 0 Å². The summed E-state index contributed by atoms with van der Waals surface area (Å²) in [6.07, 6.45) is 4.92. The molecule has 0 aliphatic carbocycles. The lowest BCUT2D eigenvalue weighted by Crippen LogP contribution is -2.12. The van der Waals surface area contributed by atoms with E-state index in [0.29, 0.717) is 23.8 Å². The fourth-order valence-electron chi connectivity index (χ4n) is 2.56. The fraction of sp³-hybridized carbons (Fsp3) is 0.286. The molecule has 0 fully saturated rings. The average Bonchev–Trinajstić information content (AvgIpc) is 2.65. The van der Waals surface area contributed by atoms with Gasteiger partial charge in [-0.2, -0.15) is 0 Å².